The van der Waals surface area contributed by atoms with E-state index in [-0.39, 0.29) is 11.4 Å². The predicted molar refractivity (Wildman–Crippen MR) is 78.2 cm³/mol. The monoisotopic (exact) mass is 273 g/mol. The summed E-state index contributed by atoms with van der Waals surface area (Å²) in [6.07, 6.45) is 1.57. The highest BCUT2D eigenvalue weighted by Gasteiger charge is 2.21. The van der Waals surface area contributed by atoms with Crippen molar-refractivity contribution in [2.45, 2.75) is 26.2 Å². The Hall–Kier alpha value is -2.30. The van der Waals surface area contributed by atoms with Crippen LogP contribution < -0.4 is 15.2 Å². The first kappa shape index (κ1) is 14.1. The summed E-state index contributed by atoms with van der Waals surface area (Å²) in [6.45, 7) is 6.32. The first-order valence-electron chi connectivity index (χ1n) is 6.35. The van der Waals surface area contributed by atoms with Gasteiger partial charge >= 0.3 is 6.01 Å². The van der Waals surface area contributed by atoms with Gasteiger partial charge in [-0.1, -0.05) is 20.8 Å². The van der Waals surface area contributed by atoms with Crippen molar-refractivity contribution in [1.29, 1.82) is 0 Å². The van der Waals surface area contributed by atoms with Crippen LogP contribution in [0.25, 0.3) is 0 Å². The highest BCUT2D eigenvalue weighted by atomic mass is 16.5. The lowest BCUT2D eigenvalue weighted by atomic mass is 9.86. The van der Waals surface area contributed by atoms with Gasteiger partial charge in [0.05, 0.1) is 7.11 Å². The summed E-state index contributed by atoms with van der Waals surface area (Å²) in [5.41, 5.74) is 6.55. The minimum absolute atomic E-state index is 0.0931. The third kappa shape index (κ3) is 3.17. The number of nitrogens with two attached hydrogens (primary N) is 1. The van der Waals surface area contributed by atoms with E-state index in [1.807, 2.05) is 18.2 Å². The molecule has 0 saturated carbocycles. The second kappa shape index (κ2) is 5.36. The van der Waals surface area contributed by atoms with Gasteiger partial charge in [-0.25, -0.2) is 4.98 Å². The molecule has 0 aliphatic carbocycles. The van der Waals surface area contributed by atoms with Crippen molar-refractivity contribution < 1.29 is 9.47 Å². The van der Waals surface area contributed by atoms with Crippen LogP contribution in [0, 0.1) is 0 Å². The molecular formula is C15H19N3O2. The molecule has 5 nitrogen and oxygen atoms in total. The average Bonchev–Trinajstić information content (AvgIpc) is 2.38. The van der Waals surface area contributed by atoms with Crippen molar-refractivity contribution in [2.75, 3.05) is 12.8 Å². The highest BCUT2D eigenvalue weighted by molar-refractivity contribution is 5.45. The van der Waals surface area contributed by atoms with Crippen molar-refractivity contribution in [1.82, 2.24) is 9.97 Å². The Morgan fingerprint density at radius 2 is 1.90 bits per heavy atom. The van der Waals surface area contributed by atoms with Gasteiger partial charge in [-0.2, -0.15) is 4.98 Å². The normalized spacial score (nSPS) is 11.2. The van der Waals surface area contributed by atoms with Crippen LogP contribution in [0.1, 0.15) is 26.3 Å². The molecule has 1 aromatic heterocycles. The van der Waals surface area contributed by atoms with E-state index in [9.17, 15) is 0 Å². The van der Waals surface area contributed by atoms with Crippen LogP contribution >= 0.6 is 0 Å². The van der Waals surface area contributed by atoms with E-state index in [0.717, 1.165) is 11.3 Å². The van der Waals surface area contributed by atoms with E-state index >= 15 is 0 Å². The predicted octanol–water partition coefficient (Wildman–Crippen LogP) is 3.16. The fraction of sp³-hybridized carbons (Fsp3) is 0.333. The number of nitrogens with zero attached hydrogens (tertiary/aromatic N) is 2. The minimum Gasteiger partial charge on any atom is -0.497 e. The number of hydrogen-bond acceptors (Lipinski definition) is 5. The molecule has 2 rings (SSSR count). The van der Waals surface area contributed by atoms with Crippen LogP contribution in [-0.2, 0) is 5.41 Å². The molecule has 20 heavy (non-hydrogen) atoms. The summed E-state index contributed by atoms with van der Waals surface area (Å²) >= 11 is 0. The fourth-order valence-electron chi connectivity index (χ4n) is 1.81. The van der Waals surface area contributed by atoms with E-state index < -0.39 is 0 Å². The van der Waals surface area contributed by atoms with Crippen molar-refractivity contribution >= 4 is 5.82 Å². The lowest BCUT2D eigenvalue weighted by molar-refractivity contribution is 0.401. The topological polar surface area (TPSA) is 70.3 Å². The van der Waals surface area contributed by atoms with Gasteiger partial charge in [0, 0.05) is 11.8 Å². The summed E-state index contributed by atoms with van der Waals surface area (Å²) in [5, 5.41) is 0. The second-order valence-corrected chi connectivity index (χ2v) is 5.48. The van der Waals surface area contributed by atoms with Crippen LogP contribution in [0.5, 0.6) is 17.5 Å². The average molecular weight is 273 g/mol. The molecule has 1 aromatic carbocycles. The van der Waals surface area contributed by atoms with Crippen LogP contribution in [0.3, 0.4) is 0 Å². The quantitative estimate of drug-likeness (QED) is 0.930. The first-order chi connectivity index (χ1) is 9.40. The van der Waals surface area contributed by atoms with Crippen LogP contribution in [-0.4, -0.2) is 17.1 Å². The Labute approximate surface area is 118 Å². The lowest BCUT2D eigenvalue weighted by Crippen LogP contribution is -2.13. The number of nitrogen functional groups attached to an aromatic ring is 1. The molecule has 0 fully saturated rings. The molecule has 0 aliphatic rings. The number of rotatable bonds is 3. The van der Waals surface area contributed by atoms with E-state index in [0.29, 0.717) is 11.6 Å². The van der Waals surface area contributed by atoms with Gasteiger partial charge in [0.15, 0.2) is 0 Å². The summed E-state index contributed by atoms with van der Waals surface area (Å²) in [6, 6.07) is 7.51. The summed E-state index contributed by atoms with van der Waals surface area (Å²) < 4.78 is 11.0. The molecule has 106 valence electrons. The molecule has 0 radical (unpaired) electrons. The van der Waals surface area contributed by atoms with Crippen LogP contribution in [0.4, 0.5) is 5.82 Å². The number of benzene rings is 1. The molecule has 0 aliphatic heterocycles. The van der Waals surface area contributed by atoms with Gasteiger partial charge in [-0.05, 0) is 29.7 Å². The summed E-state index contributed by atoms with van der Waals surface area (Å²) in [7, 11) is 1.64. The highest BCUT2D eigenvalue weighted by Crippen LogP contribution is 2.35. The maximum atomic E-state index is 5.76. The van der Waals surface area contributed by atoms with E-state index in [4.69, 9.17) is 15.2 Å². The van der Waals surface area contributed by atoms with Crippen molar-refractivity contribution in [3.05, 3.63) is 36.0 Å². The molecule has 0 atom stereocenters. The Morgan fingerprint density at radius 3 is 2.50 bits per heavy atom. The van der Waals surface area contributed by atoms with Gasteiger partial charge < -0.3 is 15.2 Å². The molecule has 0 unspecified atom stereocenters. The zero-order valence-corrected chi connectivity index (χ0v) is 12.2. The Kier molecular flexibility index (Phi) is 3.79. The second-order valence-electron chi connectivity index (χ2n) is 5.48. The van der Waals surface area contributed by atoms with Crippen molar-refractivity contribution in [3.63, 3.8) is 0 Å². The van der Waals surface area contributed by atoms with Gasteiger partial charge in [0.25, 0.3) is 0 Å². The van der Waals surface area contributed by atoms with Crippen molar-refractivity contribution in [2.24, 2.45) is 0 Å². The van der Waals surface area contributed by atoms with Gasteiger partial charge in [0.1, 0.15) is 17.3 Å². The maximum absolute atomic E-state index is 5.76. The number of aromatic nitrogens is 2. The van der Waals surface area contributed by atoms with Crippen LogP contribution in [0.2, 0.25) is 0 Å². The Balaban J connectivity index is 2.41. The zero-order valence-electron chi connectivity index (χ0n) is 12.2. The number of methoxy groups -OCH3 is 1. The van der Waals surface area contributed by atoms with Gasteiger partial charge in [0.2, 0.25) is 0 Å². The molecule has 0 saturated heterocycles. The van der Waals surface area contributed by atoms with E-state index in [1.54, 1.807) is 19.4 Å². The minimum atomic E-state index is -0.0931. The standard InChI is InChI=1S/C15H19N3O2/c1-15(2,3)11-9-10(19-4)5-6-12(11)20-14-17-8-7-13(16)18-14/h5-9H,1-4H3,(H2,16,17,18). The van der Waals surface area contributed by atoms with Crippen LogP contribution in [0.15, 0.2) is 30.5 Å². The molecule has 2 aromatic rings. The molecule has 5 heteroatoms. The molecule has 2 N–H and O–H groups in total. The van der Waals surface area contributed by atoms with Crippen molar-refractivity contribution in [3.8, 4) is 17.5 Å². The number of hydrogen-bond donors (Lipinski definition) is 1. The maximum Gasteiger partial charge on any atom is 0.323 e. The number of ether oxygens (including phenoxy) is 2. The fourth-order valence-corrected chi connectivity index (χ4v) is 1.81. The third-order valence-corrected chi connectivity index (χ3v) is 2.85. The first-order valence-corrected chi connectivity index (χ1v) is 6.35. The SMILES string of the molecule is COc1ccc(Oc2nccc(N)n2)c(C(C)(C)C)c1. The summed E-state index contributed by atoms with van der Waals surface area (Å²) in [4.78, 5) is 8.10. The summed E-state index contributed by atoms with van der Waals surface area (Å²) in [5.74, 6) is 1.86. The number of anilines is 1. The third-order valence-electron chi connectivity index (χ3n) is 2.85. The smallest absolute Gasteiger partial charge is 0.323 e. The molecule has 0 amide bonds. The largest absolute Gasteiger partial charge is 0.497 e. The lowest BCUT2D eigenvalue weighted by Gasteiger charge is -2.22. The van der Waals surface area contributed by atoms with Gasteiger partial charge in [-0.15, -0.1) is 0 Å². The van der Waals surface area contributed by atoms with E-state index in [1.165, 1.54) is 0 Å². The molecule has 1 heterocycles. The molecular weight excluding hydrogens is 254 g/mol. The Bertz CT molecular complexity index is 606. The zero-order chi connectivity index (χ0) is 14.8. The molecule has 0 bridgehead atoms. The van der Waals surface area contributed by atoms with Gasteiger partial charge in [-0.3, -0.25) is 0 Å². The van der Waals surface area contributed by atoms with E-state index in [2.05, 4.69) is 30.7 Å². The molecule has 0 spiro atoms. The Morgan fingerprint density at radius 1 is 1.15 bits per heavy atom.